The Bertz CT molecular complexity index is 1210. The van der Waals surface area contributed by atoms with Crippen molar-refractivity contribution in [1.82, 2.24) is 15.1 Å². The third-order valence-corrected chi connectivity index (χ3v) is 6.50. The van der Waals surface area contributed by atoms with E-state index in [0.29, 0.717) is 18.3 Å². The van der Waals surface area contributed by atoms with Crippen molar-refractivity contribution in [3.8, 4) is 22.6 Å². The lowest BCUT2D eigenvalue weighted by atomic mass is 9.89. The van der Waals surface area contributed by atoms with Gasteiger partial charge in [-0.15, -0.1) is 0 Å². The van der Waals surface area contributed by atoms with E-state index in [1.54, 1.807) is 0 Å². The Labute approximate surface area is 188 Å². The fourth-order valence-corrected chi connectivity index (χ4v) is 4.78. The second-order valence-corrected chi connectivity index (χ2v) is 8.51. The zero-order valence-corrected chi connectivity index (χ0v) is 18.4. The minimum absolute atomic E-state index is 0.267. The van der Waals surface area contributed by atoms with Gasteiger partial charge in [0.25, 0.3) is 0 Å². The van der Waals surface area contributed by atoms with Gasteiger partial charge in [-0.25, -0.2) is 0 Å². The fourth-order valence-electron chi connectivity index (χ4n) is 4.78. The number of aromatic hydroxyl groups is 1. The molecule has 0 aliphatic carbocycles. The Morgan fingerprint density at radius 3 is 2.66 bits per heavy atom. The quantitative estimate of drug-likeness (QED) is 0.413. The molecule has 0 spiro atoms. The van der Waals surface area contributed by atoms with Gasteiger partial charge in [-0.1, -0.05) is 48.5 Å². The summed E-state index contributed by atoms with van der Waals surface area (Å²) in [5.41, 5.74) is 4.58. The van der Waals surface area contributed by atoms with Crippen LogP contribution in [0.4, 0.5) is 0 Å². The van der Waals surface area contributed by atoms with Crippen molar-refractivity contribution < 1.29 is 9.84 Å². The number of benzene rings is 3. The summed E-state index contributed by atoms with van der Waals surface area (Å²) in [6.07, 6.45) is 4.09. The van der Waals surface area contributed by atoms with Crippen LogP contribution >= 0.6 is 0 Å². The molecule has 0 saturated carbocycles. The Kier molecular flexibility index (Phi) is 5.82. The number of rotatable bonds is 6. The summed E-state index contributed by atoms with van der Waals surface area (Å²) >= 11 is 0. The average molecular weight is 428 g/mol. The molecule has 4 aromatic rings. The summed E-state index contributed by atoms with van der Waals surface area (Å²) in [6, 6.07) is 20.9. The Balaban J connectivity index is 1.28. The van der Waals surface area contributed by atoms with Gasteiger partial charge in [0.1, 0.15) is 0 Å². The van der Waals surface area contributed by atoms with Crippen molar-refractivity contribution in [3.63, 3.8) is 0 Å². The predicted octanol–water partition coefficient (Wildman–Crippen LogP) is 5.71. The average Bonchev–Trinajstić information content (AvgIpc) is 3.32. The van der Waals surface area contributed by atoms with E-state index < -0.39 is 0 Å². The van der Waals surface area contributed by atoms with E-state index in [1.807, 2.05) is 31.3 Å². The van der Waals surface area contributed by atoms with Crippen molar-refractivity contribution in [2.45, 2.75) is 32.2 Å². The van der Waals surface area contributed by atoms with E-state index in [2.05, 4.69) is 57.6 Å². The Hall–Kier alpha value is -3.31. The normalized spacial score (nSPS) is 15.3. The topological polar surface area (TPSA) is 61.4 Å². The van der Waals surface area contributed by atoms with Gasteiger partial charge in [0.05, 0.1) is 12.8 Å². The number of nitrogens with zero attached hydrogens (tertiary/aromatic N) is 2. The number of para-hydroxylation sites is 1. The Morgan fingerprint density at radius 1 is 1.03 bits per heavy atom. The maximum absolute atomic E-state index is 10.5. The molecule has 5 rings (SSSR count). The highest BCUT2D eigenvalue weighted by Gasteiger charge is 2.25. The van der Waals surface area contributed by atoms with E-state index in [0.717, 1.165) is 38.0 Å². The van der Waals surface area contributed by atoms with E-state index in [4.69, 9.17) is 4.74 Å². The second kappa shape index (κ2) is 9.05. The van der Waals surface area contributed by atoms with E-state index >= 15 is 0 Å². The maximum Gasteiger partial charge on any atom is 0.162 e. The standard InChI is InChI=1S/C27H29N3O2/c1-2-32-25-9-5-8-23(27(25)31)18-30-14-12-20(13-15-30)26-24(17-28-29-26)22-11-10-19-6-3-4-7-21(19)16-22/h3-11,16-17,20,31H,2,12-15,18H2,1H3,(H,28,29). The van der Waals surface area contributed by atoms with Crippen LogP contribution in [0.15, 0.2) is 66.9 Å². The van der Waals surface area contributed by atoms with Gasteiger partial charge >= 0.3 is 0 Å². The number of phenols is 1. The molecule has 2 N–H and O–H groups in total. The zero-order valence-electron chi connectivity index (χ0n) is 18.4. The minimum Gasteiger partial charge on any atom is -0.504 e. The zero-order chi connectivity index (χ0) is 21.9. The molecule has 0 atom stereocenters. The van der Waals surface area contributed by atoms with Gasteiger partial charge in [0, 0.05) is 29.3 Å². The van der Waals surface area contributed by atoms with Crippen LogP contribution in [-0.2, 0) is 6.54 Å². The molecular weight excluding hydrogens is 398 g/mol. The summed E-state index contributed by atoms with van der Waals surface area (Å²) in [7, 11) is 0. The molecule has 5 heteroatoms. The number of nitrogens with one attached hydrogen (secondary N) is 1. The molecule has 0 radical (unpaired) electrons. The van der Waals surface area contributed by atoms with Crippen LogP contribution in [0.1, 0.15) is 36.9 Å². The number of ether oxygens (including phenoxy) is 1. The molecule has 0 amide bonds. The number of phenolic OH excluding ortho intramolecular Hbond substituents is 1. The molecule has 1 aliphatic rings. The molecule has 1 saturated heterocycles. The first-order chi connectivity index (χ1) is 15.7. The molecular formula is C27H29N3O2. The van der Waals surface area contributed by atoms with Gasteiger partial charge in [0.2, 0.25) is 0 Å². The van der Waals surface area contributed by atoms with Crippen LogP contribution in [0.25, 0.3) is 21.9 Å². The highest BCUT2D eigenvalue weighted by Crippen LogP contribution is 2.36. The van der Waals surface area contributed by atoms with Gasteiger partial charge in [-0.2, -0.15) is 5.10 Å². The van der Waals surface area contributed by atoms with Gasteiger partial charge in [0.15, 0.2) is 11.5 Å². The van der Waals surface area contributed by atoms with Gasteiger partial charge in [-0.3, -0.25) is 10.00 Å². The van der Waals surface area contributed by atoms with E-state index in [1.165, 1.54) is 27.6 Å². The number of aromatic amines is 1. The summed E-state index contributed by atoms with van der Waals surface area (Å²) in [6.45, 7) is 5.18. The molecule has 0 bridgehead atoms. The van der Waals surface area contributed by atoms with Crippen LogP contribution in [0.3, 0.4) is 0 Å². The lowest BCUT2D eigenvalue weighted by Crippen LogP contribution is -2.32. The van der Waals surface area contributed by atoms with Crippen molar-refractivity contribution in [1.29, 1.82) is 0 Å². The van der Waals surface area contributed by atoms with Crippen molar-refractivity contribution in [3.05, 3.63) is 78.1 Å². The third kappa shape index (κ3) is 4.08. The van der Waals surface area contributed by atoms with E-state index in [-0.39, 0.29) is 5.75 Å². The lowest BCUT2D eigenvalue weighted by molar-refractivity contribution is 0.200. The number of aromatic nitrogens is 2. The van der Waals surface area contributed by atoms with Crippen LogP contribution in [-0.4, -0.2) is 39.9 Å². The minimum atomic E-state index is 0.267. The first-order valence-corrected chi connectivity index (χ1v) is 11.4. The number of likely N-dealkylation sites (tertiary alicyclic amines) is 1. The largest absolute Gasteiger partial charge is 0.504 e. The summed E-state index contributed by atoms with van der Waals surface area (Å²) < 4.78 is 5.53. The first-order valence-electron chi connectivity index (χ1n) is 11.4. The number of hydrogen-bond acceptors (Lipinski definition) is 4. The first kappa shape index (κ1) is 20.6. The molecule has 2 heterocycles. The van der Waals surface area contributed by atoms with Gasteiger partial charge < -0.3 is 9.84 Å². The van der Waals surface area contributed by atoms with Crippen molar-refractivity contribution in [2.75, 3.05) is 19.7 Å². The molecule has 5 nitrogen and oxygen atoms in total. The highest BCUT2D eigenvalue weighted by atomic mass is 16.5. The molecule has 1 fully saturated rings. The van der Waals surface area contributed by atoms with Crippen LogP contribution < -0.4 is 4.74 Å². The highest BCUT2D eigenvalue weighted by molar-refractivity contribution is 5.87. The maximum atomic E-state index is 10.5. The third-order valence-electron chi connectivity index (χ3n) is 6.50. The molecule has 32 heavy (non-hydrogen) atoms. The van der Waals surface area contributed by atoms with Crippen molar-refractivity contribution in [2.24, 2.45) is 0 Å². The Morgan fingerprint density at radius 2 is 1.84 bits per heavy atom. The number of hydrogen-bond donors (Lipinski definition) is 2. The summed E-state index contributed by atoms with van der Waals surface area (Å²) in [4.78, 5) is 2.41. The summed E-state index contributed by atoms with van der Waals surface area (Å²) in [5.74, 6) is 1.29. The molecule has 1 aromatic heterocycles. The number of piperidine rings is 1. The fraction of sp³-hybridized carbons (Fsp3) is 0.296. The van der Waals surface area contributed by atoms with Gasteiger partial charge in [-0.05, 0) is 61.3 Å². The molecule has 164 valence electrons. The number of fused-ring (bicyclic) bond motifs is 1. The molecule has 1 aliphatic heterocycles. The van der Waals surface area contributed by atoms with Crippen LogP contribution in [0, 0.1) is 0 Å². The lowest BCUT2D eigenvalue weighted by Gasteiger charge is -2.32. The van der Waals surface area contributed by atoms with Crippen molar-refractivity contribution >= 4 is 10.8 Å². The molecule has 3 aromatic carbocycles. The van der Waals surface area contributed by atoms with E-state index in [9.17, 15) is 5.11 Å². The summed E-state index contributed by atoms with van der Waals surface area (Å²) in [5, 5.41) is 20.7. The second-order valence-electron chi connectivity index (χ2n) is 8.51. The molecule has 0 unspecified atom stereocenters. The van der Waals surface area contributed by atoms with Crippen LogP contribution in [0.2, 0.25) is 0 Å². The number of H-pyrrole nitrogens is 1. The van der Waals surface area contributed by atoms with Crippen LogP contribution in [0.5, 0.6) is 11.5 Å². The smallest absolute Gasteiger partial charge is 0.162 e. The predicted molar refractivity (Wildman–Crippen MR) is 128 cm³/mol. The SMILES string of the molecule is CCOc1cccc(CN2CCC(c3[nH]ncc3-c3ccc4ccccc4c3)CC2)c1O. The monoisotopic (exact) mass is 427 g/mol.